The van der Waals surface area contributed by atoms with Crippen molar-refractivity contribution in [1.82, 2.24) is 4.57 Å². The SMILES string of the molecule is c1ccc(-c2ccc(-c3ccc(N(c4ccccc4)c4ccc5c6ccccc6n(-c6c(-c7ccccc7)ccc7ccccc67)c5c4)c(-c4ccccc4)c3)cc2)cc1. The van der Waals surface area contributed by atoms with Crippen molar-refractivity contribution in [2.24, 2.45) is 0 Å². The minimum atomic E-state index is 1.08. The normalized spacial score (nSPS) is 11.3. The van der Waals surface area contributed by atoms with Crippen LogP contribution in [0.15, 0.2) is 243 Å². The summed E-state index contributed by atoms with van der Waals surface area (Å²) >= 11 is 0. The standard InChI is InChI=1S/C58H40N2/c1-5-17-41(18-6-1)42-29-31-43(32-30-42)47-34-38-56(54(39-47)45-21-9-3-10-22-45)59(48-24-11-4-12-25-48)49-35-37-53-52-27-15-16-28-55(52)60(57(53)40-49)58-50-26-14-13-23-46(50)33-36-51(58)44-19-7-2-8-20-44/h1-40H. The summed E-state index contributed by atoms with van der Waals surface area (Å²) in [7, 11) is 0. The van der Waals surface area contributed by atoms with Crippen LogP contribution in [0.25, 0.3) is 82.8 Å². The maximum Gasteiger partial charge on any atom is 0.0618 e. The zero-order valence-corrected chi connectivity index (χ0v) is 33.0. The van der Waals surface area contributed by atoms with Gasteiger partial charge in [0.2, 0.25) is 0 Å². The van der Waals surface area contributed by atoms with Crippen molar-refractivity contribution in [3.8, 4) is 50.2 Å². The summed E-state index contributed by atoms with van der Waals surface area (Å²) in [6, 6.07) is 87.9. The largest absolute Gasteiger partial charge is 0.310 e. The minimum absolute atomic E-state index is 1.08. The number of para-hydroxylation sites is 2. The number of fused-ring (bicyclic) bond motifs is 4. The third-order valence-electron chi connectivity index (χ3n) is 11.8. The lowest BCUT2D eigenvalue weighted by Gasteiger charge is -2.28. The zero-order chi connectivity index (χ0) is 39.8. The molecule has 11 rings (SSSR count). The molecule has 11 aromatic rings. The molecule has 1 heterocycles. The fourth-order valence-corrected chi connectivity index (χ4v) is 8.94. The highest BCUT2D eigenvalue weighted by molar-refractivity contribution is 6.13. The smallest absolute Gasteiger partial charge is 0.0618 e. The molecule has 10 aromatic carbocycles. The van der Waals surface area contributed by atoms with Crippen LogP contribution in [0.2, 0.25) is 0 Å². The van der Waals surface area contributed by atoms with E-state index in [9.17, 15) is 0 Å². The van der Waals surface area contributed by atoms with Gasteiger partial charge in [-0.15, -0.1) is 0 Å². The van der Waals surface area contributed by atoms with Gasteiger partial charge in [-0.1, -0.05) is 200 Å². The molecule has 60 heavy (non-hydrogen) atoms. The first-order valence-corrected chi connectivity index (χ1v) is 20.6. The molecule has 0 fully saturated rings. The number of hydrogen-bond acceptors (Lipinski definition) is 1. The Morgan fingerprint density at radius 2 is 0.800 bits per heavy atom. The number of benzene rings is 10. The first kappa shape index (κ1) is 35.2. The Hall–Kier alpha value is -7.94. The van der Waals surface area contributed by atoms with Gasteiger partial charge in [0.1, 0.15) is 0 Å². The highest BCUT2D eigenvalue weighted by atomic mass is 15.1. The molecule has 0 saturated heterocycles. The minimum Gasteiger partial charge on any atom is -0.310 e. The summed E-state index contributed by atoms with van der Waals surface area (Å²) in [6.45, 7) is 0. The Balaban J connectivity index is 1.14. The monoisotopic (exact) mass is 764 g/mol. The Morgan fingerprint density at radius 1 is 0.283 bits per heavy atom. The van der Waals surface area contributed by atoms with E-state index < -0.39 is 0 Å². The topological polar surface area (TPSA) is 8.17 Å². The van der Waals surface area contributed by atoms with Crippen LogP contribution in [0.4, 0.5) is 17.1 Å². The molecular weight excluding hydrogens is 725 g/mol. The van der Waals surface area contributed by atoms with Crippen LogP contribution in [0.5, 0.6) is 0 Å². The molecule has 0 aliphatic heterocycles. The van der Waals surface area contributed by atoms with Gasteiger partial charge in [0.05, 0.1) is 22.4 Å². The molecule has 0 amide bonds. The fourth-order valence-electron chi connectivity index (χ4n) is 8.94. The molecule has 0 saturated carbocycles. The van der Waals surface area contributed by atoms with E-state index in [4.69, 9.17) is 0 Å². The fraction of sp³-hybridized carbons (Fsp3) is 0. The first-order chi connectivity index (χ1) is 29.8. The van der Waals surface area contributed by atoms with Crippen molar-refractivity contribution in [3.05, 3.63) is 243 Å². The highest BCUT2D eigenvalue weighted by Crippen LogP contribution is 2.46. The second kappa shape index (κ2) is 15.1. The van der Waals surface area contributed by atoms with Crippen LogP contribution in [0.1, 0.15) is 0 Å². The molecule has 0 N–H and O–H groups in total. The molecule has 0 atom stereocenters. The van der Waals surface area contributed by atoms with Gasteiger partial charge in [0.25, 0.3) is 0 Å². The van der Waals surface area contributed by atoms with E-state index in [1.54, 1.807) is 0 Å². The quantitative estimate of drug-likeness (QED) is 0.150. The van der Waals surface area contributed by atoms with Crippen LogP contribution < -0.4 is 4.90 Å². The van der Waals surface area contributed by atoms with E-state index in [1.807, 2.05) is 0 Å². The Kier molecular flexibility index (Phi) is 8.87. The summed E-state index contributed by atoms with van der Waals surface area (Å²) in [5.74, 6) is 0. The third kappa shape index (κ3) is 6.23. The van der Waals surface area contributed by atoms with Gasteiger partial charge < -0.3 is 9.47 Å². The van der Waals surface area contributed by atoms with Crippen molar-refractivity contribution in [2.45, 2.75) is 0 Å². The molecule has 0 aliphatic carbocycles. The van der Waals surface area contributed by atoms with E-state index in [2.05, 4.69) is 252 Å². The van der Waals surface area contributed by atoms with Crippen molar-refractivity contribution >= 4 is 49.6 Å². The molecule has 0 aliphatic rings. The van der Waals surface area contributed by atoms with Gasteiger partial charge in [-0.3, -0.25) is 0 Å². The predicted octanol–water partition coefficient (Wildman–Crippen LogP) is 16.1. The highest BCUT2D eigenvalue weighted by Gasteiger charge is 2.22. The molecule has 2 heteroatoms. The van der Waals surface area contributed by atoms with Gasteiger partial charge in [-0.25, -0.2) is 0 Å². The van der Waals surface area contributed by atoms with Gasteiger partial charge in [-0.05, 0) is 81.2 Å². The zero-order valence-electron chi connectivity index (χ0n) is 33.0. The van der Waals surface area contributed by atoms with Crippen molar-refractivity contribution in [3.63, 3.8) is 0 Å². The number of nitrogens with zero attached hydrogens (tertiary/aromatic N) is 2. The van der Waals surface area contributed by atoms with Gasteiger partial charge in [0, 0.05) is 38.7 Å². The molecule has 282 valence electrons. The average Bonchev–Trinajstić information content (AvgIpc) is 3.66. The number of aromatic nitrogens is 1. The van der Waals surface area contributed by atoms with Gasteiger partial charge >= 0.3 is 0 Å². The lowest BCUT2D eigenvalue weighted by Crippen LogP contribution is -2.11. The molecule has 0 spiro atoms. The van der Waals surface area contributed by atoms with Crippen LogP contribution in [-0.2, 0) is 0 Å². The van der Waals surface area contributed by atoms with Crippen molar-refractivity contribution in [1.29, 1.82) is 0 Å². The Morgan fingerprint density at radius 3 is 1.50 bits per heavy atom. The predicted molar refractivity (Wildman–Crippen MR) is 255 cm³/mol. The van der Waals surface area contributed by atoms with Crippen LogP contribution in [0, 0.1) is 0 Å². The molecule has 1 aromatic heterocycles. The van der Waals surface area contributed by atoms with E-state index in [0.717, 1.165) is 33.7 Å². The second-order valence-corrected chi connectivity index (χ2v) is 15.3. The number of rotatable bonds is 8. The van der Waals surface area contributed by atoms with Crippen molar-refractivity contribution in [2.75, 3.05) is 4.90 Å². The number of hydrogen-bond donors (Lipinski definition) is 0. The summed E-state index contributed by atoms with van der Waals surface area (Å²) in [5, 5.41) is 4.87. The van der Waals surface area contributed by atoms with E-state index in [0.29, 0.717) is 0 Å². The van der Waals surface area contributed by atoms with Crippen LogP contribution >= 0.6 is 0 Å². The van der Waals surface area contributed by atoms with Gasteiger partial charge in [0.15, 0.2) is 0 Å². The maximum atomic E-state index is 2.50. The second-order valence-electron chi connectivity index (χ2n) is 15.3. The van der Waals surface area contributed by atoms with E-state index in [1.165, 1.54) is 66.1 Å². The molecule has 0 bridgehead atoms. The maximum absolute atomic E-state index is 2.50. The summed E-state index contributed by atoms with van der Waals surface area (Å²) in [6.07, 6.45) is 0. The Bertz CT molecular complexity index is 3280. The Labute approximate surface area is 350 Å². The molecule has 0 unspecified atom stereocenters. The first-order valence-electron chi connectivity index (χ1n) is 20.6. The molecular formula is C58H40N2. The summed E-state index contributed by atoms with van der Waals surface area (Å²) in [5.41, 5.74) is 16.3. The van der Waals surface area contributed by atoms with Crippen molar-refractivity contribution < 1.29 is 0 Å². The van der Waals surface area contributed by atoms with E-state index in [-0.39, 0.29) is 0 Å². The summed E-state index contributed by atoms with van der Waals surface area (Å²) < 4.78 is 2.50. The number of anilines is 3. The average molecular weight is 765 g/mol. The van der Waals surface area contributed by atoms with Gasteiger partial charge in [-0.2, -0.15) is 0 Å². The lowest BCUT2D eigenvalue weighted by atomic mass is 9.95. The van der Waals surface area contributed by atoms with Crippen LogP contribution in [-0.4, -0.2) is 4.57 Å². The van der Waals surface area contributed by atoms with Crippen LogP contribution in [0.3, 0.4) is 0 Å². The summed E-state index contributed by atoms with van der Waals surface area (Å²) in [4.78, 5) is 2.42. The van der Waals surface area contributed by atoms with E-state index >= 15 is 0 Å². The lowest BCUT2D eigenvalue weighted by molar-refractivity contribution is 1.19. The molecule has 2 nitrogen and oxygen atoms in total. The third-order valence-corrected chi connectivity index (χ3v) is 11.8. The molecule has 0 radical (unpaired) electrons.